The Balaban J connectivity index is 1.61. The zero-order chi connectivity index (χ0) is 17.8. The van der Waals surface area contributed by atoms with Crippen LogP contribution >= 0.6 is 11.6 Å². The lowest BCUT2D eigenvalue weighted by atomic mass is 10.3. The molecule has 1 amide bonds. The van der Waals surface area contributed by atoms with Crippen LogP contribution in [0.1, 0.15) is 10.5 Å². The normalized spacial score (nSPS) is 10.5. The minimum absolute atomic E-state index is 0.0291. The van der Waals surface area contributed by atoms with E-state index in [0.29, 0.717) is 11.4 Å². The average molecular weight is 362 g/mol. The number of ether oxygens (including phenoxy) is 1. The van der Waals surface area contributed by atoms with Gasteiger partial charge >= 0.3 is 0 Å². The Bertz CT molecular complexity index is 914. The van der Waals surface area contributed by atoms with Crippen molar-refractivity contribution in [1.29, 1.82) is 0 Å². The third-order valence-corrected chi connectivity index (χ3v) is 3.52. The van der Waals surface area contributed by atoms with Crippen molar-refractivity contribution in [1.82, 2.24) is 9.78 Å². The second-order valence-corrected chi connectivity index (χ2v) is 5.50. The number of carbonyl (C=O) groups excluding carboxylic acids is 1. The molecule has 0 aliphatic heterocycles. The van der Waals surface area contributed by atoms with Crippen LogP contribution in [0.25, 0.3) is 0 Å². The van der Waals surface area contributed by atoms with Crippen LogP contribution in [0.15, 0.2) is 54.7 Å². The lowest BCUT2D eigenvalue weighted by Crippen LogP contribution is -2.14. The van der Waals surface area contributed by atoms with E-state index in [1.165, 1.54) is 41.1 Å². The zero-order valence-corrected chi connectivity index (χ0v) is 13.6. The quantitative estimate of drug-likeness (QED) is 0.727. The highest BCUT2D eigenvalue weighted by Crippen LogP contribution is 2.21. The average Bonchev–Trinajstić information content (AvgIpc) is 3.05. The van der Waals surface area contributed by atoms with Crippen molar-refractivity contribution in [3.63, 3.8) is 0 Å². The first-order valence-corrected chi connectivity index (χ1v) is 7.61. The molecule has 0 spiro atoms. The molecule has 0 fully saturated rings. The van der Waals surface area contributed by atoms with Crippen LogP contribution in [0, 0.1) is 5.82 Å². The van der Waals surface area contributed by atoms with Gasteiger partial charge in [-0.2, -0.15) is 5.10 Å². The molecular formula is C17H13ClFN3O3. The third kappa shape index (κ3) is 4.27. The number of aromatic hydroxyl groups is 1. The molecule has 25 heavy (non-hydrogen) atoms. The summed E-state index contributed by atoms with van der Waals surface area (Å²) in [6, 6.07) is 11.7. The van der Waals surface area contributed by atoms with Gasteiger partial charge in [0, 0.05) is 24.0 Å². The van der Waals surface area contributed by atoms with E-state index in [4.69, 9.17) is 16.3 Å². The fourth-order valence-electron chi connectivity index (χ4n) is 2.04. The molecule has 6 nitrogen and oxygen atoms in total. The molecule has 128 valence electrons. The number of nitrogens with zero attached hydrogens (tertiary/aromatic N) is 2. The lowest BCUT2D eigenvalue weighted by molar-refractivity contribution is 0.102. The second-order valence-electron chi connectivity index (χ2n) is 5.09. The van der Waals surface area contributed by atoms with Gasteiger partial charge in [0.2, 0.25) is 0 Å². The molecule has 0 aliphatic carbocycles. The molecule has 0 saturated carbocycles. The van der Waals surface area contributed by atoms with Crippen LogP contribution < -0.4 is 10.1 Å². The van der Waals surface area contributed by atoms with E-state index in [1.807, 2.05) is 0 Å². The first kappa shape index (κ1) is 16.8. The summed E-state index contributed by atoms with van der Waals surface area (Å²) in [6.07, 6.45) is 1.57. The monoisotopic (exact) mass is 361 g/mol. The molecule has 1 heterocycles. The first-order chi connectivity index (χ1) is 12.0. The summed E-state index contributed by atoms with van der Waals surface area (Å²) in [7, 11) is 0. The van der Waals surface area contributed by atoms with Gasteiger partial charge in [-0.3, -0.25) is 4.79 Å². The Morgan fingerprint density at radius 3 is 2.88 bits per heavy atom. The molecule has 1 aromatic heterocycles. The molecule has 0 unspecified atom stereocenters. The highest BCUT2D eigenvalue weighted by atomic mass is 35.5. The fraction of sp³-hybridized carbons (Fsp3) is 0.0588. The highest BCUT2D eigenvalue weighted by Gasteiger charge is 2.10. The number of benzene rings is 2. The number of aromatic nitrogens is 2. The number of carbonyl (C=O) groups is 1. The van der Waals surface area contributed by atoms with Gasteiger partial charge in [-0.1, -0.05) is 17.7 Å². The molecule has 0 atom stereocenters. The van der Waals surface area contributed by atoms with Gasteiger partial charge in [0.1, 0.15) is 17.3 Å². The van der Waals surface area contributed by atoms with Crippen molar-refractivity contribution in [3.05, 3.63) is 71.3 Å². The minimum Gasteiger partial charge on any atom is -0.508 e. The molecule has 3 aromatic rings. The standard InChI is InChI=1S/C17H13ClFN3O3/c18-14-9-13(4-5-15(14)19)25-10-22-7-6-16(21-22)17(24)20-11-2-1-3-12(23)8-11/h1-9,23H,10H2,(H,20,24). The second kappa shape index (κ2) is 7.23. The number of rotatable bonds is 5. The Kier molecular flexibility index (Phi) is 4.85. The van der Waals surface area contributed by atoms with Gasteiger partial charge in [0.25, 0.3) is 5.91 Å². The van der Waals surface area contributed by atoms with Crippen LogP contribution in [0.3, 0.4) is 0 Å². The van der Waals surface area contributed by atoms with Crippen molar-refractivity contribution in [2.75, 3.05) is 5.32 Å². The largest absolute Gasteiger partial charge is 0.508 e. The molecule has 8 heteroatoms. The van der Waals surface area contributed by atoms with Crippen molar-refractivity contribution in [2.24, 2.45) is 0 Å². The minimum atomic E-state index is -0.529. The van der Waals surface area contributed by atoms with E-state index in [0.717, 1.165) is 0 Å². The number of anilines is 1. The van der Waals surface area contributed by atoms with E-state index in [-0.39, 0.29) is 23.2 Å². The van der Waals surface area contributed by atoms with Crippen molar-refractivity contribution in [2.45, 2.75) is 6.73 Å². The summed E-state index contributed by atoms with van der Waals surface area (Å²) in [5.74, 6) is -0.518. The van der Waals surface area contributed by atoms with Gasteiger partial charge in [-0.25, -0.2) is 9.07 Å². The number of hydrogen-bond acceptors (Lipinski definition) is 4. The number of phenolic OH excluding ortho intramolecular Hbond substituents is 1. The van der Waals surface area contributed by atoms with Crippen molar-refractivity contribution in [3.8, 4) is 11.5 Å². The maximum atomic E-state index is 13.1. The van der Waals surface area contributed by atoms with Crippen LogP contribution in [0.5, 0.6) is 11.5 Å². The molecule has 0 radical (unpaired) electrons. The van der Waals surface area contributed by atoms with Gasteiger partial charge in [0.05, 0.1) is 5.02 Å². The number of nitrogens with one attached hydrogen (secondary N) is 1. The predicted octanol–water partition coefficient (Wildman–Crippen LogP) is 3.67. The first-order valence-electron chi connectivity index (χ1n) is 7.23. The van der Waals surface area contributed by atoms with Gasteiger partial charge in [-0.05, 0) is 30.3 Å². The maximum absolute atomic E-state index is 13.1. The smallest absolute Gasteiger partial charge is 0.276 e. The summed E-state index contributed by atoms with van der Waals surface area (Å²) in [4.78, 5) is 12.1. The summed E-state index contributed by atoms with van der Waals surface area (Å²) in [5, 5.41) is 16.1. The van der Waals surface area contributed by atoms with Gasteiger partial charge in [-0.15, -0.1) is 0 Å². The molecule has 0 aliphatic rings. The molecule has 2 N–H and O–H groups in total. The molecule has 2 aromatic carbocycles. The Morgan fingerprint density at radius 2 is 2.12 bits per heavy atom. The van der Waals surface area contributed by atoms with E-state index in [2.05, 4.69) is 10.4 Å². The Hall–Kier alpha value is -3.06. The highest BCUT2D eigenvalue weighted by molar-refractivity contribution is 6.30. The van der Waals surface area contributed by atoms with E-state index in [1.54, 1.807) is 18.3 Å². The van der Waals surface area contributed by atoms with Crippen molar-refractivity contribution < 1.29 is 19.0 Å². The Labute approximate surface area is 147 Å². The van der Waals surface area contributed by atoms with Crippen LogP contribution in [0.2, 0.25) is 5.02 Å². The van der Waals surface area contributed by atoms with Crippen LogP contribution in [-0.2, 0) is 6.73 Å². The summed E-state index contributed by atoms with van der Waals surface area (Å²) in [6.45, 7) is 0.0291. The molecule has 0 saturated heterocycles. The third-order valence-electron chi connectivity index (χ3n) is 3.23. The molecular weight excluding hydrogens is 349 g/mol. The molecule has 0 bridgehead atoms. The van der Waals surface area contributed by atoms with E-state index >= 15 is 0 Å². The predicted molar refractivity (Wildman–Crippen MR) is 90.3 cm³/mol. The Morgan fingerprint density at radius 1 is 1.28 bits per heavy atom. The fourth-order valence-corrected chi connectivity index (χ4v) is 2.21. The van der Waals surface area contributed by atoms with E-state index < -0.39 is 11.7 Å². The van der Waals surface area contributed by atoms with Gasteiger partial charge in [0.15, 0.2) is 12.4 Å². The van der Waals surface area contributed by atoms with Crippen LogP contribution in [-0.4, -0.2) is 20.8 Å². The van der Waals surface area contributed by atoms with Crippen molar-refractivity contribution >= 4 is 23.2 Å². The zero-order valence-electron chi connectivity index (χ0n) is 12.8. The topological polar surface area (TPSA) is 76.4 Å². The van der Waals surface area contributed by atoms with Gasteiger partial charge < -0.3 is 15.2 Å². The van der Waals surface area contributed by atoms with Crippen LogP contribution in [0.4, 0.5) is 10.1 Å². The summed E-state index contributed by atoms with van der Waals surface area (Å²) < 4.78 is 19.9. The number of halogens is 2. The lowest BCUT2D eigenvalue weighted by Gasteiger charge is -2.07. The molecule has 3 rings (SSSR count). The maximum Gasteiger partial charge on any atom is 0.276 e. The summed E-state index contributed by atoms with van der Waals surface area (Å²) in [5.41, 5.74) is 0.640. The number of hydrogen-bond donors (Lipinski definition) is 2. The summed E-state index contributed by atoms with van der Waals surface area (Å²) >= 11 is 5.68. The number of phenols is 1. The van der Waals surface area contributed by atoms with E-state index in [9.17, 15) is 14.3 Å². The number of amides is 1. The SMILES string of the molecule is O=C(Nc1cccc(O)c1)c1ccn(COc2ccc(F)c(Cl)c2)n1.